The molecule has 0 aliphatic carbocycles. The summed E-state index contributed by atoms with van der Waals surface area (Å²) in [6, 6.07) is 8.69. The van der Waals surface area contributed by atoms with Crippen molar-refractivity contribution in [3.05, 3.63) is 29.8 Å². The molecule has 1 aromatic carbocycles. The smallest absolute Gasteiger partial charge is 0.119 e. The SMILES string of the molecule is CC1CN(CCOc2ccc(CCN)cc2)C(C)CO1. The van der Waals surface area contributed by atoms with Gasteiger partial charge in [-0.25, -0.2) is 0 Å². The highest BCUT2D eigenvalue weighted by atomic mass is 16.5. The molecule has 0 saturated carbocycles. The van der Waals surface area contributed by atoms with Crippen LogP contribution in [0.2, 0.25) is 0 Å². The number of morpholine rings is 1. The van der Waals surface area contributed by atoms with E-state index in [0.29, 0.717) is 25.3 Å². The summed E-state index contributed by atoms with van der Waals surface area (Å²) < 4.78 is 11.4. The first-order chi connectivity index (χ1) is 9.69. The molecule has 1 aliphatic rings. The molecule has 1 fully saturated rings. The molecule has 1 heterocycles. The molecule has 2 unspecified atom stereocenters. The van der Waals surface area contributed by atoms with Crippen molar-refractivity contribution < 1.29 is 9.47 Å². The number of hydrogen-bond donors (Lipinski definition) is 1. The first-order valence-electron chi connectivity index (χ1n) is 7.46. The molecule has 20 heavy (non-hydrogen) atoms. The Balaban J connectivity index is 1.74. The quantitative estimate of drug-likeness (QED) is 0.860. The molecular formula is C16H26N2O2. The molecular weight excluding hydrogens is 252 g/mol. The van der Waals surface area contributed by atoms with Crippen molar-refractivity contribution in [2.24, 2.45) is 5.73 Å². The summed E-state index contributed by atoms with van der Waals surface area (Å²) in [7, 11) is 0. The van der Waals surface area contributed by atoms with Crippen LogP contribution in [-0.4, -0.2) is 49.9 Å². The lowest BCUT2D eigenvalue weighted by Gasteiger charge is -2.36. The maximum absolute atomic E-state index is 5.81. The molecule has 2 N–H and O–H groups in total. The van der Waals surface area contributed by atoms with Crippen LogP contribution in [0.25, 0.3) is 0 Å². The van der Waals surface area contributed by atoms with Crippen molar-refractivity contribution in [2.75, 3.05) is 32.8 Å². The lowest BCUT2D eigenvalue weighted by atomic mass is 10.1. The molecule has 0 bridgehead atoms. The van der Waals surface area contributed by atoms with Crippen molar-refractivity contribution in [2.45, 2.75) is 32.4 Å². The highest BCUT2D eigenvalue weighted by molar-refractivity contribution is 5.27. The fourth-order valence-electron chi connectivity index (χ4n) is 2.48. The van der Waals surface area contributed by atoms with Gasteiger partial charge in [0.25, 0.3) is 0 Å². The average molecular weight is 278 g/mol. The van der Waals surface area contributed by atoms with Crippen LogP contribution < -0.4 is 10.5 Å². The van der Waals surface area contributed by atoms with Gasteiger partial charge in [-0.05, 0) is 44.5 Å². The summed E-state index contributed by atoms with van der Waals surface area (Å²) in [6.45, 7) is 8.47. The Morgan fingerprint density at radius 2 is 2.05 bits per heavy atom. The van der Waals surface area contributed by atoms with E-state index in [0.717, 1.165) is 31.9 Å². The van der Waals surface area contributed by atoms with Crippen LogP contribution in [0.5, 0.6) is 5.75 Å². The number of rotatable bonds is 6. The van der Waals surface area contributed by atoms with Crippen molar-refractivity contribution in [3.8, 4) is 5.75 Å². The van der Waals surface area contributed by atoms with Crippen LogP contribution in [0, 0.1) is 0 Å². The second kappa shape index (κ2) is 7.62. The van der Waals surface area contributed by atoms with E-state index < -0.39 is 0 Å². The summed E-state index contributed by atoms with van der Waals surface area (Å²) in [5.74, 6) is 0.930. The van der Waals surface area contributed by atoms with Gasteiger partial charge in [0, 0.05) is 19.1 Å². The van der Waals surface area contributed by atoms with Gasteiger partial charge in [-0.2, -0.15) is 0 Å². The zero-order chi connectivity index (χ0) is 14.4. The lowest BCUT2D eigenvalue weighted by molar-refractivity contribution is -0.0522. The standard InChI is InChI=1S/C16H26N2O2/c1-13-12-20-14(2)11-18(13)9-10-19-16-5-3-15(4-6-16)7-8-17/h3-6,13-14H,7-12,17H2,1-2H3. The second-order valence-corrected chi connectivity index (χ2v) is 5.52. The van der Waals surface area contributed by atoms with E-state index in [1.165, 1.54) is 5.56 Å². The van der Waals surface area contributed by atoms with Crippen molar-refractivity contribution >= 4 is 0 Å². The van der Waals surface area contributed by atoms with Crippen molar-refractivity contribution in [3.63, 3.8) is 0 Å². The van der Waals surface area contributed by atoms with Crippen LogP contribution in [0.3, 0.4) is 0 Å². The van der Waals surface area contributed by atoms with Gasteiger partial charge in [0.1, 0.15) is 12.4 Å². The number of benzene rings is 1. The minimum atomic E-state index is 0.321. The number of nitrogens with two attached hydrogens (primary N) is 1. The molecule has 112 valence electrons. The summed E-state index contributed by atoms with van der Waals surface area (Å²) in [4.78, 5) is 2.43. The number of ether oxygens (including phenoxy) is 2. The highest BCUT2D eigenvalue weighted by Gasteiger charge is 2.22. The zero-order valence-electron chi connectivity index (χ0n) is 12.5. The molecule has 1 saturated heterocycles. The van der Waals surface area contributed by atoms with Gasteiger partial charge < -0.3 is 15.2 Å². The first-order valence-corrected chi connectivity index (χ1v) is 7.46. The van der Waals surface area contributed by atoms with Gasteiger partial charge in [-0.3, -0.25) is 4.90 Å². The minimum Gasteiger partial charge on any atom is -0.492 e. The largest absolute Gasteiger partial charge is 0.492 e. The Kier molecular flexibility index (Phi) is 5.83. The molecule has 4 nitrogen and oxygen atoms in total. The molecule has 1 aliphatic heterocycles. The van der Waals surface area contributed by atoms with Crippen LogP contribution in [0.15, 0.2) is 24.3 Å². The van der Waals surface area contributed by atoms with Gasteiger partial charge in [-0.15, -0.1) is 0 Å². The van der Waals surface area contributed by atoms with E-state index >= 15 is 0 Å². The van der Waals surface area contributed by atoms with Crippen LogP contribution >= 0.6 is 0 Å². The molecule has 2 atom stereocenters. The number of hydrogen-bond acceptors (Lipinski definition) is 4. The third kappa shape index (κ3) is 4.47. The average Bonchev–Trinajstić information content (AvgIpc) is 2.45. The molecule has 4 heteroatoms. The van der Waals surface area contributed by atoms with E-state index in [1.807, 2.05) is 12.1 Å². The third-order valence-corrected chi connectivity index (χ3v) is 3.74. The molecule has 1 aromatic rings. The van der Waals surface area contributed by atoms with Gasteiger partial charge >= 0.3 is 0 Å². The van der Waals surface area contributed by atoms with E-state index in [4.69, 9.17) is 15.2 Å². The Bertz CT molecular complexity index is 394. The Labute approximate surface area is 121 Å². The lowest BCUT2D eigenvalue weighted by Crippen LogP contribution is -2.48. The Morgan fingerprint density at radius 1 is 1.30 bits per heavy atom. The fourth-order valence-corrected chi connectivity index (χ4v) is 2.48. The monoisotopic (exact) mass is 278 g/mol. The minimum absolute atomic E-state index is 0.321. The topological polar surface area (TPSA) is 47.7 Å². The summed E-state index contributed by atoms with van der Waals surface area (Å²) in [5.41, 5.74) is 6.80. The van der Waals surface area contributed by atoms with Crippen molar-refractivity contribution in [1.82, 2.24) is 4.90 Å². The van der Waals surface area contributed by atoms with Gasteiger partial charge in [0.15, 0.2) is 0 Å². The molecule has 0 aromatic heterocycles. The summed E-state index contributed by atoms with van der Waals surface area (Å²) in [6.07, 6.45) is 1.24. The van der Waals surface area contributed by atoms with Crippen LogP contribution in [-0.2, 0) is 11.2 Å². The molecule has 0 spiro atoms. The predicted octanol–water partition coefficient (Wildman–Crippen LogP) is 1.68. The van der Waals surface area contributed by atoms with E-state index in [1.54, 1.807) is 0 Å². The predicted molar refractivity (Wildman–Crippen MR) is 81.1 cm³/mol. The maximum Gasteiger partial charge on any atom is 0.119 e. The number of nitrogens with zero attached hydrogens (tertiary/aromatic N) is 1. The molecule has 2 rings (SSSR count). The van der Waals surface area contributed by atoms with E-state index in [2.05, 4.69) is 30.9 Å². The third-order valence-electron chi connectivity index (χ3n) is 3.74. The summed E-state index contributed by atoms with van der Waals surface area (Å²) in [5, 5.41) is 0. The molecule has 0 amide bonds. The van der Waals surface area contributed by atoms with Crippen molar-refractivity contribution in [1.29, 1.82) is 0 Å². The van der Waals surface area contributed by atoms with Crippen LogP contribution in [0.4, 0.5) is 0 Å². The van der Waals surface area contributed by atoms with Gasteiger partial charge in [0.05, 0.1) is 12.7 Å². The van der Waals surface area contributed by atoms with E-state index in [-0.39, 0.29) is 0 Å². The van der Waals surface area contributed by atoms with E-state index in [9.17, 15) is 0 Å². The summed E-state index contributed by atoms with van der Waals surface area (Å²) >= 11 is 0. The first kappa shape index (κ1) is 15.3. The van der Waals surface area contributed by atoms with Crippen LogP contribution in [0.1, 0.15) is 19.4 Å². The normalized spacial score (nSPS) is 23.8. The highest BCUT2D eigenvalue weighted by Crippen LogP contribution is 2.14. The van der Waals surface area contributed by atoms with Gasteiger partial charge in [-0.1, -0.05) is 12.1 Å². The molecule has 0 radical (unpaired) electrons. The Morgan fingerprint density at radius 3 is 2.75 bits per heavy atom. The zero-order valence-corrected chi connectivity index (χ0v) is 12.5. The Hall–Kier alpha value is -1.10. The fraction of sp³-hybridized carbons (Fsp3) is 0.625. The van der Waals surface area contributed by atoms with Gasteiger partial charge in [0.2, 0.25) is 0 Å². The maximum atomic E-state index is 5.81. The second-order valence-electron chi connectivity index (χ2n) is 5.52.